The molecule has 7 heteroatoms. The van der Waals surface area contributed by atoms with E-state index in [0.717, 1.165) is 11.3 Å². The van der Waals surface area contributed by atoms with E-state index in [1.807, 2.05) is 0 Å². The van der Waals surface area contributed by atoms with Crippen molar-refractivity contribution in [2.75, 3.05) is 25.2 Å². The molecule has 1 aromatic carbocycles. The van der Waals surface area contributed by atoms with Crippen molar-refractivity contribution in [1.82, 2.24) is 10.3 Å². The van der Waals surface area contributed by atoms with Crippen LogP contribution in [0.15, 0.2) is 22.6 Å². The maximum atomic E-state index is 11.6. The lowest BCUT2D eigenvalue weighted by atomic mass is 10.2. The molecule has 1 atom stereocenters. The molecule has 108 valence electrons. The number of ether oxygens (including phenoxy) is 1. The smallest absolute Gasteiger partial charge is 0.197 e. The van der Waals surface area contributed by atoms with Crippen LogP contribution in [0.25, 0.3) is 11.1 Å². The third kappa shape index (κ3) is 2.78. The van der Waals surface area contributed by atoms with Gasteiger partial charge in [-0.1, -0.05) is 0 Å². The van der Waals surface area contributed by atoms with Crippen LogP contribution >= 0.6 is 0 Å². The summed E-state index contributed by atoms with van der Waals surface area (Å²) in [5.41, 5.74) is 1.40. The summed E-state index contributed by atoms with van der Waals surface area (Å²) in [6.07, 6.45) is 0.468. The van der Waals surface area contributed by atoms with Gasteiger partial charge in [0.05, 0.1) is 18.6 Å². The molecule has 0 saturated carbocycles. The first-order valence-corrected chi connectivity index (χ1v) is 8.25. The highest BCUT2D eigenvalue weighted by atomic mass is 32.2. The quantitative estimate of drug-likeness (QED) is 0.901. The summed E-state index contributed by atoms with van der Waals surface area (Å²) >= 11 is 0. The average molecular weight is 296 g/mol. The van der Waals surface area contributed by atoms with Gasteiger partial charge in [0.25, 0.3) is 0 Å². The number of nitrogens with one attached hydrogen (secondary N) is 1. The molecule has 1 N–H and O–H groups in total. The first kappa shape index (κ1) is 13.4. The Kier molecular flexibility index (Phi) is 3.39. The van der Waals surface area contributed by atoms with E-state index >= 15 is 0 Å². The van der Waals surface area contributed by atoms with E-state index in [2.05, 4.69) is 10.3 Å². The van der Waals surface area contributed by atoms with Crippen LogP contribution in [-0.4, -0.2) is 44.6 Å². The number of benzene rings is 1. The topological polar surface area (TPSA) is 81.4 Å². The number of hydrogen-bond acceptors (Lipinski definition) is 6. The zero-order valence-corrected chi connectivity index (χ0v) is 11.9. The summed E-state index contributed by atoms with van der Waals surface area (Å²) in [6.45, 7) is 0.487. The SMILES string of the molecule is COc1ccc2oc(CC3CS(=O)(=O)CCN3)nc2c1. The van der Waals surface area contributed by atoms with Gasteiger partial charge in [-0.3, -0.25) is 0 Å². The maximum absolute atomic E-state index is 11.6. The number of aromatic nitrogens is 1. The van der Waals surface area contributed by atoms with Crippen molar-refractivity contribution < 1.29 is 17.6 Å². The molecule has 1 aromatic heterocycles. The minimum atomic E-state index is -2.94. The Balaban J connectivity index is 1.80. The molecular formula is C13H16N2O4S. The number of oxazole rings is 1. The van der Waals surface area contributed by atoms with Crippen molar-refractivity contribution in [3.63, 3.8) is 0 Å². The Hall–Kier alpha value is -1.60. The minimum Gasteiger partial charge on any atom is -0.497 e. The van der Waals surface area contributed by atoms with Crippen molar-refractivity contribution in [3.8, 4) is 5.75 Å². The Morgan fingerprint density at radius 1 is 1.50 bits per heavy atom. The summed E-state index contributed by atoms with van der Waals surface area (Å²) in [5.74, 6) is 1.60. The molecule has 1 aliphatic heterocycles. The number of nitrogens with zero attached hydrogens (tertiary/aromatic N) is 1. The van der Waals surface area contributed by atoms with Crippen molar-refractivity contribution in [2.45, 2.75) is 12.5 Å². The van der Waals surface area contributed by atoms with Gasteiger partial charge in [0.2, 0.25) is 0 Å². The lowest BCUT2D eigenvalue weighted by Crippen LogP contribution is -2.46. The van der Waals surface area contributed by atoms with Crippen LogP contribution in [0.3, 0.4) is 0 Å². The van der Waals surface area contributed by atoms with Crippen molar-refractivity contribution in [1.29, 1.82) is 0 Å². The Morgan fingerprint density at radius 3 is 3.10 bits per heavy atom. The van der Waals surface area contributed by atoms with E-state index in [-0.39, 0.29) is 17.5 Å². The highest BCUT2D eigenvalue weighted by Gasteiger charge is 2.25. The van der Waals surface area contributed by atoms with Gasteiger partial charge in [-0.2, -0.15) is 0 Å². The molecule has 0 amide bonds. The zero-order valence-electron chi connectivity index (χ0n) is 11.1. The molecule has 0 aliphatic carbocycles. The maximum Gasteiger partial charge on any atom is 0.197 e. The largest absolute Gasteiger partial charge is 0.497 e. The van der Waals surface area contributed by atoms with Gasteiger partial charge < -0.3 is 14.5 Å². The first-order chi connectivity index (χ1) is 9.55. The summed E-state index contributed by atoms with van der Waals surface area (Å²) in [5, 5.41) is 3.19. The molecule has 3 rings (SSSR count). The standard InChI is InChI=1S/C13H16N2O4S/c1-18-10-2-3-12-11(7-10)15-13(19-12)6-9-8-20(16,17)5-4-14-9/h2-3,7,9,14H,4-6,8H2,1H3. The van der Waals surface area contributed by atoms with Gasteiger partial charge in [0.1, 0.15) is 11.3 Å². The van der Waals surface area contributed by atoms with Gasteiger partial charge in [0.15, 0.2) is 21.3 Å². The second-order valence-electron chi connectivity index (χ2n) is 4.91. The second-order valence-corrected chi connectivity index (χ2v) is 7.14. The second kappa shape index (κ2) is 5.06. The van der Waals surface area contributed by atoms with Crippen LogP contribution < -0.4 is 10.1 Å². The highest BCUT2D eigenvalue weighted by molar-refractivity contribution is 7.91. The zero-order chi connectivity index (χ0) is 14.2. The molecule has 1 aliphatic rings. The fourth-order valence-corrected chi connectivity index (χ4v) is 3.82. The first-order valence-electron chi connectivity index (χ1n) is 6.43. The fraction of sp³-hybridized carbons (Fsp3) is 0.462. The number of rotatable bonds is 3. The number of methoxy groups -OCH3 is 1. The summed E-state index contributed by atoms with van der Waals surface area (Å²) in [4.78, 5) is 4.38. The molecule has 2 heterocycles. The van der Waals surface area contributed by atoms with E-state index < -0.39 is 9.84 Å². The van der Waals surface area contributed by atoms with Crippen LogP contribution in [0.2, 0.25) is 0 Å². The molecule has 1 saturated heterocycles. The fourth-order valence-electron chi connectivity index (χ4n) is 2.38. The lowest BCUT2D eigenvalue weighted by molar-refractivity contribution is 0.415. The Morgan fingerprint density at radius 2 is 2.35 bits per heavy atom. The van der Waals surface area contributed by atoms with Gasteiger partial charge in [-0.05, 0) is 12.1 Å². The molecule has 2 aromatic rings. The molecule has 20 heavy (non-hydrogen) atoms. The van der Waals surface area contributed by atoms with Crippen molar-refractivity contribution >= 4 is 20.9 Å². The number of sulfone groups is 1. The average Bonchev–Trinajstić information content (AvgIpc) is 2.78. The van der Waals surface area contributed by atoms with Crippen LogP contribution in [0.1, 0.15) is 5.89 Å². The Bertz CT molecular complexity index is 723. The molecule has 0 spiro atoms. The summed E-state index contributed by atoms with van der Waals surface area (Å²) in [6, 6.07) is 5.27. The number of fused-ring (bicyclic) bond motifs is 1. The Labute approximate surface area is 117 Å². The summed E-state index contributed by atoms with van der Waals surface area (Å²) < 4.78 is 34.0. The van der Waals surface area contributed by atoms with Gasteiger partial charge in [-0.25, -0.2) is 13.4 Å². The van der Waals surface area contributed by atoms with E-state index in [1.165, 1.54) is 0 Å². The molecule has 6 nitrogen and oxygen atoms in total. The molecule has 1 unspecified atom stereocenters. The van der Waals surface area contributed by atoms with E-state index in [0.29, 0.717) is 24.4 Å². The third-order valence-corrected chi connectivity index (χ3v) is 5.10. The van der Waals surface area contributed by atoms with Gasteiger partial charge >= 0.3 is 0 Å². The summed E-state index contributed by atoms with van der Waals surface area (Å²) in [7, 11) is -1.35. The minimum absolute atomic E-state index is 0.134. The van der Waals surface area contributed by atoms with Gasteiger partial charge in [0, 0.05) is 25.1 Å². The third-order valence-electron chi connectivity index (χ3n) is 3.36. The molecule has 0 radical (unpaired) electrons. The van der Waals surface area contributed by atoms with E-state index in [4.69, 9.17) is 9.15 Å². The monoisotopic (exact) mass is 296 g/mol. The predicted octanol–water partition coefficient (Wildman–Crippen LogP) is 0.765. The molecule has 0 bridgehead atoms. The van der Waals surface area contributed by atoms with Crippen LogP contribution in [-0.2, 0) is 16.3 Å². The predicted molar refractivity (Wildman–Crippen MR) is 74.7 cm³/mol. The van der Waals surface area contributed by atoms with Crippen LogP contribution in [0, 0.1) is 0 Å². The molecular weight excluding hydrogens is 280 g/mol. The van der Waals surface area contributed by atoms with Crippen molar-refractivity contribution in [2.24, 2.45) is 0 Å². The highest BCUT2D eigenvalue weighted by Crippen LogP contribution is 2.22. The normalized spacial score (nSPS) is 21.9. The number of hydrogen-bond donors (Lipinski definition) is 1. The van der Waals surface area contributed by atoms with Crippen LogP contribution in [0.4, 0.5) is 0 Å². The van der Waals surface area contributed by atoms with Crippen molar-refractivity contribution in [3.05, 3.63) is 24.1 Å². The lowest BCUT2D eigenvalue weighted by Gasteiger charge is -2.22. The molecule has 1 fully saturated rings. The van der Waals surface area contributed by atoms with Crippen LogP contribution in [0.5, 0.6) is 5.75 Å². The van der Waals surface area contributed by atoms with E-state index in [1.54, 1.807) is 25.3 Å². The van der Waals surface area contributed by atoms with E-state index in [9.17, 15) is 8.42 Å². The van der Waals surface area contributed by atoms with Gasteiger partial charge in [-0.15, -0.1) is 0 Å².